The summed E-state index contributed by atoms with van der Waals surface area (Å²) in [7, 11) is 0. The molecule has 1 aromatic carbocycles. The highest BCUT2D eigenvalue weighted by Crippen LogP contribution is 2.60. The molecule has 108 valence electrons. The maximum atomic E-state index is 6.22. The average molecular weight is 403 g/mol. The van der Waals surface area contributed by atoms with Crippen molar-refractivity contribution in [3.05, 3.63) is 35.4 Å². The van der Waals surface area contributed by atoms with Crippen LogP contribution in [0.15, 0.2) is 24.3 Å². The fraction of sp³-hybridized carbons (Fsp3) is 0.500. The molecule has 7 heteroatoms. The van der Waals surface area contributed by atoms with Gasteiger partial charge in [0, 0.05) is 0 Å². The molecule has 0 aliphatic rings. The molecule has 0 atom stereocenters. The van der Waals surface area contributed by atoms with Crippen LogP contribution in [0.25, 0.3) is 0 Å². The molecule has 0 aliphatic carbocycles. The molecule has 0 bridgehead atoms. The van der Waals surface area contributed by atoms with E-state index in [-0.39, 0.29) is 0 Å². The van der Waals surface area contributed by atoms with Crippen molar-refractivity contribution in [3.8, 4) is 0 Å². The molecule has 0 aliphatic heterocycles. The number of rotatable bonds is 3. The zero-order valence-corrected chi connectivity index (χ0v) is 15.3. The Balaban J connectivity index is 3.20. The van der Waals surface area contributed by atoms with Crippen molar-refractivity contribution in [2.24, 2.45) is 0 Å². The third-order valence-corrected chi connectivity index (χ3v) is 6.65. The minimum atomic E-state index is -2.05. The predicted octanol–water partition coefficient (Wildman–Crippen LogP) is 6.98. The van der Waals surface area contributed by atoms with Gasteiger partial charge in [-0.25, -0.2) is 0 Å². The van der Waals surface area contributed by atoms with E-state index in [1.165, 1.54) is 0 Å². The van der Waals surface area contributed by atoms with Crippen molar-refractivity contribution < 1.29 is 0 Å². The van der Waals surface area contributed by atoms with Crippen molar-refractivity contribution in [1.29, 1.82) is 0 Å². The van der Waals surface area contributed by atoms with E-state index in [0.717, 1.165) is 5.56 Å². The molecule has 1 aromatic rings. The van der Waals surface area contributed by atoms with E-state index >= 15 is 0 Å². The van der Waals surface area contributed by atoms with Crippen LogP contribution in [0.2, 0.25) is 0 Å². The highest BCUT2D eigenvalue weighted by atomic mass is 35.6. The van der Waals surface area contributed by atoms with Crippen LogP contribution in [0.3, 0.4) is 0 Å². The molecule has 0 N–H and O–H groups in total. The largest absolute Gasteiger partial charge is 0.226 e. The average Bonchev–Trinajstić information content (AvgIpc) is 2.27. The van der Waals surface area contributed by atoms with Crippen LogP contribution < -0.4 is 0 Å². The van der Waals surface area contributed by atoms with E-state index in [4.69, 9.17) is 81.2 Å². The first-order chi connectivity index (χ1) is 8.41. The van der Waals surface area contributed by atoms with Crippen LogP contribution in [-0.4, -0.2) is 8.13 Å². The first-order valence-electron chi connectivity index (χ1n) is 5.34. The maximum absolute atomic E-state index is 6.22. The van der Waals surface area contributed by atoms with E-state index in [1.807, 2.05) is 12.1 Å². The van der Waals surface area contributed by atoms with E-state index in [1.54, 1.807) is 12.1 Å². The molecule has 19 heavy (non-hydrogen) atoms. The van der Waals surface area contributed by atoms with Gasteiger partial charge in [0.25, 0.3) is 0 Å². The monoisotopic (exact) mass is 400 g/mol. The number of hydrogen-bond acceptors (Lipinski definition) is 0. The summed E-state index contributed by atoms with van der Waals surface area (Å²) in [4.78, 5) is 0. The van der Waals surface area contributed by atoms with Gasteiger partial charge in [0.2, 0.25) is 8.13 Å². The van der Waals surface area contributed by atoms with Crippen LogP contribution in [0.4, 0.5) is 0 Å². The Bertz CT molecular complexity index is 428. The van der Waals surface area contributed by atoms with Crippen LogP contribution in [-0.2, 0) is 4.33 Å². The van der Waals surface area contributed by atoms with E-state index < -0.39 is 12.5 Å². The van der Waals surface area contributed by atoms with Crippen molar-refractivity contribution in [2.75, 3.05) is 0 Å². The Hall–Kier alpha value is 1.25. The van der Waals surface area contributed by atoms with Gasteiger partial charge in [0.05, 0.1) is 0 Å². The topological polar surface area (TPSA) is 0 Å². The lowest BCUT2D eigenvalue weighted by Gasteiger charge is -2.37. The zero-order chi connectivity index (χ0) is 15.1. The third kappa shape index (κ3) is 3.72. The maximum Gasteiger partial charge on any atom is 0.226 e. The highest BCUT2D eigenvalue weighted by Gasteiger charge is 2.60. The van der Waals surface area contributed by atoms with Gasteiger partial charge < -0.3 is 0 Å². The predicted molar refractivity (Wildman–Crippen MR) is 88.6 cm³/mol. The highest BCUT2D eigenvalue weighted by molar-refractivity contribution is 6.78. The Morgan fingerprint density at radius 1 is 0.789 bits per heavy atom. The lowest BCUT2D eigenvalue weighted by molar-refractivity contribution is 0.698. The van der Waals surface area contributed by atoms with Gasteiger partial charge in [0.15, 0.2) is 4.33 Å². The molecule has 0 radical (unpaired) electrons. The number of alkyl halides is 7. The Labute approximate surface area is 148 Å². The normalized spacial score (nSPS) is 14.0. The Kier molecular flexibility index (Phi) is 5.94. The molecular formula is C12H11Cl7. The van der Waals surface area contributed by atoms with Crippen molar-refractivity contribution >= 4 is 81.2 Å². The SMILES string of the molecule is CC(C)c1ccc(C(Cl)(Cl)C(Cl)(Cl)C(Cl)(Cl)Cl)cc1. The quantitative estimate of drug-likeness (QED) is 0.478. The molecule has 1 rings (SSSR count). The summed E-state index contributed by atoms with van der Waals surface area (Å²) >= 11 is 41.7. The third-order valence-electron chi connectivity index (χ3n) is 2.69. The van der Waals surface area contributed by atoms with Crippen LogP contribution >= 0.6 is 81.2 Å². The number of hydrogen-bond donors (Lipinski definition) is 0. The van der Waals surface area contributed by atoms with Gasteiger partial charge in [0.1, 0.15) is 0 Å². The lowest BCUT2D eigenvalue weighted by Crippen LogP contribution is -2.45. The molecule has 0 fully saturated rings. The zero-order valence-electron chi connectivity index (χ0n) is 10.0. The Morgan fingerprint density at radius 2 is 1.21 bits per heavy atom. The fourth-order valence-corrected chi connectivity index (χ4v) is 2.91. The standard InChI is InChI=1S/C12H11Cl7/c1-7(2)8-3-5-9(6-4-8)10(13,14)11(15,16)12(17,18)19/h3-7H,1-2H3. The van der Waals surface area contributed by atoms with Crippen LogP contribution in [0.1, 0.15) is 30.9 Å². The summed E-state index contributed by atoms with van der Waals surface area (Å²) in [5.41, 5.74) is 1.58. The Morgan fingerprint density at radius 3 is 1.53 bits per heavy atom. The summed E-state index contributed by atoms with van der Waals surface area (Å²) < 4.78 is -5.82. The molecule has 0 saturated carbocycles. The second-order valence-electron chi connectivity index (χ2n) is 4.42. The second-order valence-corrected chi connectivity index (χ2v) is 9.36. The second kappa shape index (κ2) is 6.16. The summed E-state index contributed by atoms with van der Waals surface area (Å²) in [6.07, 6.45) is 0. The van der Waals surface area contributed by atoms with Crippen molar-refractivity contribution in [1.82, 2.24) is 0 Å². The smallest absolute Gasteiger partial charge is 0.0930 e. The van der Waals surface area contributed by atoms with E-state index in [0.29, 0.717) is 11.5 Å². The van der Waals surface area contributed by atoms with Crippen LogP contribution in [0.5, 0.6) is 0 Å². The van der Waals surface area contributed by atoms with Crippen molar-refractivity contribution in [3.63, 3.8) is 0 Å². The van der Waals surface area contributed by atoms with Gasteiger partial charge in [-0.05, 0) is 17.0 Å². The molecule has 0 spiro atoms. The fourth-order valence-electron chi connectivity index (χ4n) is 1.44. The first kappa shape index (κ1) is 18.3. The summed E-state index contributed by atoms with van der Waals surface area (Å²) in [5.74, 6) is 0.374. The van der Waals surface area contributed by atoms with E-state index in [9.17, 15) is 0 Å². The van der Waals surface area contributed by atoms with Gasteiger partial charge in [-0.1, -0.05) is 119 Å². The minimum Gasteiger partial charge on any atom is -0.0930 e. The lowest BCUT2D eigenvalue weighted by atomic mass is 10.00. The molecule has 0 unspecified atom stereocenters. The van der Waals surface area contributed by atoms with Gasteiger partial charge in [-0.15, -0.1) is 0 Å². The van der Waals surface area contributed by atoms with Gasteiger partial charge >= 0.3 is 0 Å². The number of benzene rings is 1. The van der Waals surface area contributed by atoms with Gasteiger partial charge in [-0.3, -0.25) is 0 Å². The molecular weight excluding hydrogens is 392 g/mol. The molecule has 0 aromatic heterocycles. The van der Waals surface area contributed by atoms with Crippen LogP contribution in [0, 0.1) is 0 Å². The molecule has 0 amide bonds. The first-order valence-corrected chi connectivity index (χ1v) is 7.98. The van der Waals surface area contributed by atoms with Gasteiger partial charge in [-0.2, -0.15) is 0 Å². The molecule has 0 saturated heterocycles. The molecule has 0 nitrogen and oxygen atoms in total. The molecule has 0 heterocycles. The minimum absolute atomic E-state index is 0.374. The summed E-state index contributed by atoms with van der Waals surface area (Å²) in [6, 6.07) is 7.18. The number of halogens is 7. The van der Waals surface area contributed by atoms with Crippen molar-refractivity contribution in [2.45, 2.75) is 32.2 Å². The van der Waals surface area contributed by atoms with E-state index in [2.05, 4.69) is 13.8 Å². The summed E-state index contributed by atoms with van der Waals surface area (Å²) in [5, 5.41) is 0. The summed E-state index contributed by atoms with van der Waals surface area (Å²) in [6.45, 7) is 4.14.